The molecule has 1 amide bonds. The molecule has 1 unspecified atom stereocenters. The number of hydrogen-bond acceptors (Lipinski definition) is 4. The Labute approximate surface area is 178 Å². The molecule has 0 saturated carbocycles. The molecule has 1 atom stereocenters. The number of piperidine rings is 1. The van der Waals surface area contributed by atoms with Gasteiger partial charge in [0.1, 0.15) is 5.52 Å². The van der Waals surface area contributed by atoms with Crippen LogP contribution in [0.5, 0.6) is 0 Å². The maximum Gasteiger partial charge on any atom is 0.254 e. The Kier molecular flexibility index (Phi) is 6.80. The van der Waals surface area contributed by atoms with Crippen molar-refractivity contribution in [2.75, 3.05) is 20.3 Å². The minimum Gasteiger partial charge on any atom is -0.441 e. The second kappa shape index (κ2) is 9.90. The van der Waals surface area contributed by atoms with Crippen LogP contribution < -0.4 is 0 Å². The zero-order valence-corrected chi connectivity index (χ0v) is 17.7. The first-order chi connectivity index (χ1) is 14.7. The van der Waals surface area contributed by atoms with Crippen LogP contribution in [0.4, 0.5) is 0 Å². The van der Waals surface area contributed by atoms with Crippen molar-refractivity contribution in [3.8, 4) is 0 Å². The van der Waals surface area contributed by atoms with E-state index in [1.165, 1.54) is 12.0 Å². The predicted molar refractivity (Wildman–Crippen MR) is 118 cm³/mol. The number of benzene rings is 2. The van der Waals surface area contributed by atoms with Crippen molar-refractivity contribution < 1.29 is 13.9 Å². The number of aryl methyl sites for hydroxylation is 2. The van der Waals surface area contributed by atoms with E-state index in [9.17, 15) is 4.79 Å². The van der Waals surface area contributed by atoms with Gasteiger partial charge in [-0.2, -0.15) is 0 Å². The van der Waals surface area contributed by atoms with Gasteiger partial charge in [0.15, 0.2) is 11.5 Å². The Bertz CT molecular complexity index is 967. The molecule has 1 aliphatic rings. The first-order valence-corrected chi connectivity index (χ1v) is 11.0. The van der Waals surface area contributed by atoms with Crippen LogP contribution in [0, 0.1) is 0 Å². The van der Waals surface area contributed by atoms with Gasteiger partial charge in [-0.1, -0.05) is 30.3 Å². The third-order valence-corrected chi connectivity index (χ3v) is 5.92. The normalized spacial score (nSPS) is 16.8. The van der Waals surface area contributed by atoms with Gasteiger partial charge < -0.3 is 14.1 Å². The Morgan fingerprint density at radius 1 is 1.17 bits per heavy atom. The maximum absolute atomic E-state index is 13.2. The van der Waals surface area contributed by atoms with Crippen molar-refractivity contribution in [2.45, 2.75) is 51.0 Å². The van der Waals surface area contributed by atoms with Gasteiger partial charge in [0.2, 0.25) is 0 Å². The summed E-state index contributed by atoms with van der Waals surface area (Å²) in [5, 5.41) is 0. The highest BCUT2D eigenvalue weighted by atomic mass is 16.5. The number of likely N-dealkylation sites (tertiary alicyclic amines) is 1. The molecule has 1 fully saturated rings. The molecule has 0 bridgehead atoms. The number of rotatable bonds is 8. The Morgan fingerprint density at radius 2 is 2.03 bits per heavy atom. The summed E-state index contributed by atoms with van der Waals surface area (Å²) in [6.07, 6.45) is 6.95. The number of nitrogens with zero attached hydrogens (tertiary/aromatic N) is 2. The van der Waals surface area contributed by atoms with Gasteiger partial charge in [0, 0.05) is 38.3 Å². The molecule has 158 valence electrons. The fourth-order valence-electron chi connectivity index (χ4n) is 4.29. The van der Waals surface area contributed by atoms with E-state index in [1.807, 2.05) is 29.2 Å². The number of methoxy groups -OCH3 is 1. The monoisotopic (exact) mass is 406 g/mol. The number of carbonyl (C=O) groups excluding carboxylic acids is 1. The van der Waals surface area contributed by atoms with Gasteiger partial charge >= 0.3 is 0 Å². The number of carbonyl (C=O) groups is 1. The molecule has 1 saturated heterocycles. The van der Waals surface area contributed by atoms with E-state index in [4.69, 9.17) is 9.15 Å². The van der Waals surface area contributed by atoms with Crippen molar-refractivity contribution in [2.24, 2.45) is 0 Å². The Hall–Kier alpha value is -2.66. The van der Waals surface area contributed by atoms with Crippen LogP contribution >= 0.6 is 0 Å². The number of aromatic nitrogens is 1. The fourth-order valence-corrected chi connectivity index (χ4v) is 4.29. The first kappa shape index (κ1) is 20.6. The number of oxazole rings is 1. The highest BCUT2D eigenvalue weighted by molar-refractivity contribution is 5.97. The Morgan fingerprint density at radius 3 is 2.87 bits per heavy atom. The number of fused-ring (bicyclic) bond motifs is 1. The van der Waals surface area contributed by atoms with Gasteiger partial charge in [-0.25, -0.2) is 4.98 Å². The standard InChI is InChI=1S/C25H30N2O3/c1-29-17-15-21-11-5-6-16-27(21)25(28)20-13-14-23-22(18-20)26-24(30-23)12-7-10-19-8-3-2-4-9-19/h2-4,8-9,13-14,18,21H,5-7,10-12,15-17H2,1H3. The van der Waals surface area contributed by atoms with Gasteiger partial charge in [-0.05, 0) is 62.3 Å². The molecule has 2 heterocycles. The molecule has 4 rings (SSSR count). The zero-order chi connectivity index (χ0) is 20.8. The molecule has 5 nitrogen and oxygen atoms in total. The summed E-state index contributed by atoms with van der Waals surface area (Å²) in [5.41, 5.74) is 3.53. The molecule has 30 heavy (non-hydrogen) atoms. The van der Waals surface area contributed by atoms with Crippen LogP contribution in [-0.2, 0) is 17.6 Å². The fraction of sp³-hybridized carbons (Fsp3) is 0.440. The topological polar surface area (TPSA) is 55.6 Å². The number of hydrogen-bond donors (Lipinski definition) is 0. The Balaban J connectivity index is 1.43. The number of amides is 1. The van der Waals surface area contributed by atoms with E-state index >= 15 is 0 Å². The molecular formula is C25H30N2O3. The molecular weight excluding hydrogens is 376 g/mol. The van der Waals surface area contributed by atoms with Crippen molar-refractivity contribution in [1.29, 1.82) is 0 Å². The lowest BCUT2D eigenvalue weighted by Crippen LogP contribution is -2.44. The van der Waals surface area contributed by atoms with E-state index in [0.717, 1.165) is 62.1 Å². The summed E-state index contributed by atoms with van der Waals surface area (Å²) in [4.78, 5) is 19.8. The molecule has 2 aromatic carbocycles. The van der Waals surface area contributed by atoms with Gasteiger partial charge in [0.25, 0.3) is 5.91 Å². The highest BCUT2D eigenvalue weighted by Crippen LogP contribution is 2.24. The van der Waals surface area contributed by atoms with Crippen molar-refractivity contribution >= 4 is 17.0 Å². The quantitative estimate of drug-likeness (QED) is 0.526. The van der Waals surface area contributed by atoms with Crippen LogP contribution in [0.25, 0.3) is 11.1 Å². The lowest BCUT2D eigenvalue weighted by Gasteiger charge is -2.35. The van der Waals surface area contributed by atoms with Crippen LogP contribution in [0.15, 0.2) is 52.9 Å². The van der Waals surface area contributed by atoms with Crippen molar-refractivity contribution in [3.63, 3.8) is 0 Å². The summed E-state index contributed by atoms with van der Waals surface area (Å²) < 4.78 is 11.1. The third kappa shape index (κ3) is 4.90. The van der Waals surface area contributed by atoms with Crippen LogP contribution in [0.1, 0.15) is 53.9 Å². The van der Waals surface area contributed by atoms with E-state index in [2.05, 4.69) is 29.2 Å². The van der Waals surface area contributed by atoms with Crippen molar-refractivity contribution in [3.05, 3.63) is 65.5 Å². The minimum absolute atomic E-state index is 0.0892. The zero-order valence-electron chi connectivity index (χ0n) is 17.7. The van der Waals surface area contributed by atoms with Gasteiger partial charge in [-0.3, -0.25) is 4.79 Å². The minimum atomic E-state index is 0.0892. The molecule has 0 spiro atoms. The highest BCUT2D eigenvalue weighted by Gasteiger charge is 2.27. The van der Waals surface area contributed by atoms with Gasteiger partial charge in [0.05, 0.1) is 0 Å². The molecule has 3 aromatic rings. The molecule has 1 aliphatic heterocycles. The summed E-state index contributed by atoms with van der Waals surface area (Å²) in [7, 11) is 1.71. The lowest BCUT2D eigenvalue weighted by atomic mass is 9.98. The van der Waals surface area contributed by atoms with E-state index in [0.29, 0.717) is 12.2 Å². The average Bonchev–Trinajstić information content (AvgIpc) is 3.20. The average molecular weight is 407 g/mol. The van der Waals surface area contributed by atoms with E-state index in [1.54, 1.807) is 7.11 Å². The maximum atomic E-state index is 13.2. The van der Waals surface area contributed by atoms with E-state index in [-0.39, 0.29) is 11.9 Å². The first-order valence-electron chi connectivity index (χ1n) is 11.0. The second-order valence-corrected chi connectivity index (χ2v) is 8.06. The second-order valence-electron chi connectivity index (χ2n) is 8.06. The SMILES string of the molecule is COCCC1CCCCN1C(=O)c1ccc2oc(CCCc3ccccc3)nc2c1. The largest absolute Gasteiger partial charge is 0.441 e. The van der Waals surface area contributed by atoms with Gasteiger partial charge in [-0.15, -0.1) is 0 Å². The van der Waals surface area contributed by atoms with Crippen LogP contribution in [0.2, 0.25) is 0 Å². The number of ether oxygens (including phenoxy) is 1. The summed E-state index contributed by atoms with van der Waals surface area (Å²) >= 11 is 0. The molecule has 5 heteroatoms. The third-order valence-electron chi connectivity index (χ3n) is 5.92. The predicted octanol–water partition coefficient (Wildman–Crippen LogP) is 5.03. The smallest absolute Gasteiger partial charge is 0.254 e. The van der Waals surface area contributed by atoms with Crippen molar-refractivity contribution in [1.82, 2.24) is 9.88 Å². The molecule has 0 aliphatic carbocycles. The summed E-state index contributed by atoms with van der Waals surface area (Å²) in [6, 6.07) is 16.3. The summed E-state index contributed by atoms with van der Waals surface area (Å²) in [6.45, 7) is 1.50. The molecule has 1 aromatic heterocycles. The summed E-state index contributed by atoms with van der Waals surface area (Å²) in [5.74, 6) is 0.827. The molecule has 0 radical (unpaired) electrons. The lowest BCUT2D eigenvalue weighted by molar-refractivity contribution is 0.0553. The van der Waals surface area contributed by atoms with E-state index < -0.39 is 0 Å². The molecule has 0 N–H and O–H groups in total. The van der Waals surface area contributed by atoms with Crippen LogP contribution in [0.3, 0.4) is 0 Å². The van der Waals surface area contributed by atoms with Crippen LogP contribution in [-0.4, -0.2) is 42.1 Å².